The second-order valence-electron chi connectivity index (χ2n) is 7.33. The molecule has 136 valence electrons. The second-order valence-corrected chi connectivity index (χ2v) is 7.33. The Kier molecular flexibility index (Phi) is 6.31. The van der Waals surface area contributed by atoms with Crippen LogP contribution in [0.2, 0.25) is 0 Å². The van der Waals surface area contributed by atoms with Crippen molar-refractivity contribution in [2.45, 2.75) is 70.4 Å². The molecule has 0 heterocycles. The summed E-state index contributed by atoms with van der Waals surface area (Å²) in [6, 6.07) is 7.90. The zero-order valence-corrected chi connectivity index (χ0v) is 14.9. The monoisotopic (exact) mass is 343 g/mol. The van der Waals surface area contributed by atoms with Gasteiger partial charge in [0.15, 0.2) is 0 Å². The van der Waals surface area contributed by atoms with Crippen molar-refractivity contribution in [1.29, 1.82) is 0 Å². The number of carbonyl (C=O) groups excluding carboxylic acids is 2. The number of nitrogens with one attached hydrogen (secondary N) is 3. The summed E-state index contributed by atoms with van der Waals surface area (Å²) in [7, 11) is 0. The zero-order chi connectivity index (χ0) is 17.5. The van der Waals surface area contributed by atoms with Crippen molar-refractivity contribution in [2.75, 3.05) is 5.32 Å². The molecule has 3 amide bonds. The minimum absolute atomic E-state index is 0.101. The molecule has 2 aliphatic rings. The number of urea groups is 1. The maximum atomic E-state index is 12.1. The molecule has 3 N–H and O–H groups in total. The molecule has 5 nitrogen and oxygen atoms in total. The molecule has 1 aromatic rings. The maximum absolute atomic E-state index is 12.1. The Hall–Kier alpha value is -2.04. The third kappa shape index (κ3) is 5.48. The van der Waals surface area contributed by atoms with Crippen LogP contribution in [0.5, 0.6) is 0 Å². The Morgan fingerprint density at radius 3 is 2.40 bits per heavy atom. The fraction of sp³-hybridized carbons (Fsp3) is 0.600. The number of rotatable bonds is 5. The maximum Gasteiger partial charge on any atom is 0.315 e. The molecule has 3 rings (SSSR count). The van der Waals surface area contributed by atoms with Crippen molar-refractivity contribution in [3.05, 3.63) is 29.8 Å². The number of anilines is 1. The van der Waals surface area contributed by atoms with Crippen LogP contribution in [-0.4, -0.2) is 18.0 Å². The average Bonchev–Trinajstić information content (AvgIpc) is 2.80. The zero-order valence-electron chi connectivity index (χ0n) is 14.9. The van der Waals surface area contributed by atoms with Gasteiger partial charge in [0.2, 0.25) is 5.91 Å². The molecule has 0 saturated heterocycles. The van der Waals surface area contributed by atoms with Crippen molar-refractivity contribution in [1.82, 2.24) is 10.6 Å². The Morgan fingerprint density at radius 2 is 1.72 bits per heavy atom. The van der Waals surface area contributed by atoms with E-state index in [2.05, 4.69) is 16.0 Å². The highest BCUT2D eigenvalue weighted by Gasteiger charge is 2.25. The van der Waals surface area contributed by atoms with E-state index in [4.69, 9.17) is 0 Å². The number of hydrogen-bond donors (Lipinski definition) is 3. The van der Waals surface area contributed by atoms with Crippen molar-refractivity contribution in [3.8, 4) is 0 Å². The molecule has 25 heavy (non-hydrogen) atoms. The van der Waals surface area contributed by atoms with Crippen LogP contribution >= 0.6 is 0 Å². The van der Waals surface area contributed by atoms with Crippen LogP contribution in [0.3, 0.4) is 0 Å². The van der Waals surface area contributed by atoms with Gasteiger partial charge >= 0.3 is 6.03 Å². The van der Waals surface area contributed by atoms with Gasteiger partial charge in [-0.15, -0.1) is 0 Å². The first-order valence-corrected chi connectivity index (χ1v) is 9.65. The van der Waals surface area contributed by atoms with E-state index in [-0.39, 0.29) is 17.9 Å². The lowest BCUT2D eigenvalue weighted by Gasteiger charge is -2.24. The minimum Gasteiger partial charge on any atom is -0.335 e. The third-order valence-electron chi connectivity index (χ3n) is 5.31. The molecule has 0 unspecified atom stereocenters. The topological polar surface area (TPSA) is 70.2 Å². The Bertz CT molecular complexity index is 590. The van der Waals surface area contributed by atoms with Crippen LogP contribution in [0.4, 0.5) is 10.5 Å². The van der Waals surface area contributed by atoms with E-state index < -0.39 is 0 Å². The van der Waals surface area contributed by atoms with E-state index in [0.29, 0.717) is 12.6 Å². The SMILES string of the molecule is O=C(NCc1cccc(NC(=O)C2CCC2)c1)NC1CCCCCC1. The number of hydrogen-bond acceptors (Lipinski definition) is 2. The Labute approximate surface area is 150 Å². The summed E-state index contributed by atoms with van der Waals surface area (Å²) in [6.07, 6.45) is 10.3. The molecule has 2 aliphatic carbocycles. The van der Waals surface area contributed by atoms with Gasteiger partial charge in [-0.05, 0) is 43.4 Å². The largest absolute Gasteiger partial charge is 0.335 e. The van der Waals surface area contributed by atoms with E-state index in [1.54, 1.807) is 0 Å². The summed E-state index contributed by atoms with van der Waals surface area (Å²) in [5, 5.41) is 8.99. The van der Waals surface area contributed by atoms with Crippen LogP contribution in [0.15, 0.2) is 24.3 Å². The van der Waals surface area contributed by atoms with Gasteiger partial charge in [0.1, 0.15) is 0 Å². The van der Waals surface area contributed by atoms with E-state index in [1.165, 1.54) is 25.7 Å². The molecule has 0 atom stereocenters. The van der Waals surface area contributed by atoms with Crippen molar-refractivity contribution in [3.63, 3.8) is 0 Å². The van der Waals surface area contributed by atoms with E-state index in [9.17, 15) is 9.59 Å². The molecule has 5 heteroatoms. The van der Waals surface area contributed by atoms with Gasteiger partial charge in [0, 0.05) is 24.2 Å². The highest BCUT2D eigenvalue weighted by Crippen LogP contribution is 2.27. The lowest BCUT2D eigenvalue weighted by molar-refractivity contribution is -0.122. The molecule has 1 aromatic carbocycles. The Balaban J connectivity index is 1.44. The van der Waals surface area contributed by atoms with Gasteiger partial charge in [-0.3, -0.25) is 4.79 Å². The van der Waals surface area contributed by atoms with Crippen LogP contribution < -0.4 is 16.0 Å². The molecular weight excluding hydrogens is 314 g/mol. The normalized spacial score (nSPS) is 18.7. The van der Waals surface area contributed by atoms with Gasteiger partial charge in [-0.2, -0.15) is 0 Å². The van der Waals surface area contributed by atoms with Gasteiger partial charge in [-0.1, -0.05) is 44.2 Å². The molecule has 2 fully saturated rings. The summed E-state index contributed by atoms with van der Waals surface area (Å²) in [4.78, 5) is 24.1. The summed E-state index contributed by atoms with van der Waals surface area (Å²) >= 11 is 0. The van der Waals surface area contributed by atoms with E-state index >= 15 is 0 Å². The number of amides is 3. The van der Waals surface area contributed by atoms with Gasteiger partial charge < -0.3 is 16.0 Å². The van der Waals surface area contributed by atoms with Crippen LogP contribution in [0, 0.1) is 5.92 Å². The first-order valence-electron chi connectivity index (χ1n) is 9.65. The standard InChI is InChI=1S/C20H29N3O2/c24-19(16-8-6-9-16)22-18-12-5-7-15(13-18)14-21-20(25)23-17-10-3-1-2-4-11-17/h5,7,12-13,16-17H,1-4,6,8-11,14H2,(H,22,24)(H2,21,23,25). The van der Waals surface area contributed by atoms with Crippen LogP contribution in [0.1, 0.15) is 63.4 Å². The van der Waals surface area contributed by atoms with Crippen molar-refractivity contribution >= 4 is 17.6 Å². The molecule has 2 saturated carbocycles. The smallest absolute Gasteiger partial charge is 0.315 e. The molecule has 0 aliphatic heterocycles. The first-order chi connectivity index (χ1) is 12.2. The lowest BCUT2D eigenvalue weighted by Crippen LogP contribution is -2.41. The van der Waals surface area contributed by atoms with Crippen molar-refractivity contribution < 1.29 is 9.59 Å². The quantitative estimate of drug-likeness (QED) is 0.709. The summed E-state index contributed by atoms with van der Waals surface area (Å²) in [6.45, 7) is 0.464. The van der Waals surface area contributed by atoms with E-state index in [1.807, 2.05) is 24.3 Å². The van der Waals surface area contributed by atoms with Crippen LogP contribution in [0.25, 0.3) is 0 Å². The van der Waals surface area contributed by atoms with Crippen LogP contribution in [-0.2, 0) is 11.3 Å². The van der Waals surface area contributed by atoms with E-state index in [0.717, 1.165) is 43.4 Å². The molecule has 0 bridgehead atoms. The summed E-state index contributed by atoms with van der Waals surface area (Å²) in [5.41, 5.74) is 1.79. The molecule has 0 spiro atoms. The first kappa shape index (κ1) is 17.8. The number of benzene rings is 1. The summed E-state index contributed by atoms with van der Waals surface area (Å²) < 4.78 is 0. The molecule has 0 radical (unpaired) electrons. The highest BCUT2D eigenvalue weighted by atomic mass is 16.2. The summed E-state index contributed by atoms with van der Waals surface area (Å²) in [5.74, 6) is 0.287. The minimum atomic E-state index is -0.101. The number of carbonyl (C=O) groups is 2. The predicted molar refractivity (Wildman–Crippen MR) is 99.3 cm³/mol. The van der Waals surface area contributed by atoms with Gasteiger partial charge in [-0.25, -0.2) is 4.79 Å². The fourth-order valence-electron chi connectivity index (χ4n) is 3.52. The fourth-order valence-corrected chi connectivity index (χ4v) is 3.52. The molecule has 0 aromatic heterocycles. The lowest BCUT2D eigenvalue weighted by atomic mass is 9.85. The predicted octanol–water partition coefficient (Wildman–Crippen LogP) is 3.95. The third-order valence-corrected chi connectivity index (χ3v) is 5.31. The van der Waals surface area contributed by atoms with Crippen molar-refractivity contribution in [2.24, 2.45) is 5.92 Å². The van der Waals surface area contributed by atoms with Gasteiger partial charge in [0.05, 0.1) is 0 Å². The second kappa shape index (κ2) is 8.88. The van der Waals surface area contributed by atoms with Gasteiger partial charge in [0.25, 0.3) is 0 Å². The average molecular weight is 343 g/mol. The highest BCUT2D eigenvalue weighted by molar-refractivity contribution is 5.93. The Morgan fingerprint density at radius 1 is 0.960 bits per heavy atom. The molecular formula is C20H29N3O2.